The van der Waals surface area contributed by atoms with Crippen molar-refractivity contribution in [1.29, 1.82) is 0 Å². The monoisotopic (exact) mass is 314 g/mol. The van der Waals surface area contributed by atoms with Crippen molar-refractivity contribution in [3.8, 4) is 0 Å². The SMILES string of the molecule is CC(C)c1ccccc1NC(=O)CC(=O)Nc1cccc(F)c1. The summed E-state index contributed by atoms with van der Waals surface area (Å²) in [7, 11) is 0. The highest BCUT2D eigenvalue weighted by Crippen LogP contribution is 2.23. The molecule has 0 saturated carbocycles. The lowest BCUT2D eigenvalue weighted by Gasteiger charge is -2.13. The van der Waals surface area contributed by atoms with E-state index in [2.05, 4.69) is 10.6 Å². The third-order valence-electron chi connectivity index (χ3n) is 3.29. The van der Waals surface area contributed by atoms with Crippen LogP contribution in [-0.2, 0) is 9.59 Å². The molecule has 0 aromatic heterocycles. The van der Waals surface area contributed by atoms with E-state index in [0.717, 1.165) is 5.56 Å². The van der Waals surface area contributed by atoms with Gasteiger partial charge < -0.3 is 10.6 Å². The smallest absolute Gasteiger partial charge is 0.233 e. The third kappa shape index (κ3) is 4.92. The molecule has 2 rings (SSSR count). The van der Waals surface area contributed by atoms with Crippen molar-refractivity contribution in [1.82, 2.24) is 0 Å². The van der Waals surface area contributed by atoms with E-state index < -0.39 is 17.6 Å². The van der Waals surface area contributed by atoms with E-state index in [4.69, 9.17) is 0 Å². The van der Waals surface area contributed by atoms with E-state index in [1.807, 2.05) is 32.0 Å². The van der Waals surface area contributed by atoms with Gasteiger partial charge >= 0.3 is 0 Å². The standard InChI is InChI=1S/C18H19FN2O2/c1-12(2)15-8-3-4-9-16(15)21-18(23)11-17(22)20-14-7-5-6-13(19)10-14/h3-10,12H,11H2,1-2H3,(H,20,22)(H,21,23). The Kier molecular flexibility index (Phi) is 5.46. The van der Waals surface area contributed by atoms with Crippen LogP contribution < -0.4 is 10.6 Å². The molecule has 5 heteroatoms. The van der Waals surface area contributed by atoms with Crippen LogP contribution in [0.4, 0.5) is 15.8 Å². The second-order valence-electron chi connectivity index (χ2n) is 5.53. The van der Waals surface area contributed by atoms with Gasteiger partial charge in [-0.2, -0.15) is 0 Å². The Morgan fingerprint density at radius 2 is 1.70 bits per heavy atom. The van der Waals surface area contributed by atoms with Crippen LogP contribution in [0.15, 0.2) is 48.5 Å². The fraction of sp³-hybridized carbons (Fsp3) is 0.222. The first-order valence-electron chi connectivity index (χ1n) is 7.40. The topological polar surface area (TPSA) is 58.2 Å². The molecule has 0 aliphatic rings. The van der Waals surface area contributed by atoms with E-state index in [1.165, 1.54) is 18.2 Å². The summed E-state index contributed by atoms with van der Waals surface area (Å²) in [6.07, 6.45) is -0.330. The molecule has 2 amide bonds. The zero-order valence-electron chi connectivity index (χ0n) is 13.1. The molecule has 2 aromatic rings. The summed E-state index contributed by atoms with van der Waals surface area (Å²) in [6.45, 7) is 4.06. The Morgan fingerprint density at radius 1 is 1.00 bits per heavy atom. The number of amides is 2. The minimum atomic E-state index is -0.491. The van der Waals surface area contributed by atoms with Gasteiger partial charge in [-0.05, 0) is 35.7 Å². The molecule has 0 saturated heterocycles. The summed E-state index contributed by atoms with van der Waals surface area (Å²) in [6, 6.07) is 13.0. The van der Waals surface area contributed by atoms with Crippen molar-refractivity contribution in [2.45, 2.75) is 26.2 Å². The van der Waals surface area contributed by atoms with Gasteiger partial charge in [0.2, 0.25) is 11.8 Å². The van der Waals surface area contributed by atoms with Crippen molar-refractivity contribution in [3.63, 3.8) is 0 Å². The molecule has 2 N–H and O–H groups in total. The van der Waals surface area contributed by atoms with Crippen molar-refractivity contribution in [3.05, 3.63) is 59.9 Å². The van der Waals surface area contributed by atoms with Gasteiger partial charge in [0, 0.05) is 11.4 Å². The van der Waals surface area contributed by atoms with E-state index in [-0.39, 0.29) is 12.3 Å². The molecule has 0 fully saturated rings. The number of para-hydroxylation sites is 1. The number of hydrogen-bond donors (Lipinski definition) is 2. The van der Waals surface area contributed by atoms with Gasteiger partial charge in [-0.3, -0.25) is 9.59 Å². The second kappa shape index (κ2) is 7.54. The van der Waals surface area contributed by atoms with Crippen molar-refractivity contribution >= 4 is 23.2 Å². The average molecular weight is 314 g/mol. The van der Waals surface area contributed by atoms with Crippen LogP contribution in [-0.4, -0.2) is 11.8 Å². The average Bonchev–Trinajstić information content (AvgIpc) is 2.47. The molecule has 0 atom stereocenters. The maximum Gasteiger partial charge on any atom is 0.233 e. The van der Waals surface area contributed by atoms with Gasteiger partial charge in [-0.1, -0.05) is 38.1 Å². The van der Waals surface area contributed by atoms with Crippen LogP contribution in [0, 0.1) is 5.82 Å². The fourth-order valence-electron chi connectivity index (χ4n) is 2.23. The quantitative estimate of drug-likeness (QED) is 0.822. The Hall–Kier alpha value is -2.69. The highest BCUT2D eigenvalue weighted by atomic mass is 19.1. The largest absolute Gasteiger partial charge is 0.326 e. The Balaban J connectivity index is 1.96. The van der Waals surface area contributed by atoms with E-state index in [1.54, 1.807) is 12.1 Å². The first-order valence-corrected chi connectivity index (χ1v) is 7.40. The van der Waals surface area contributed by atoms with Crippen LogP contribution in [0.2, 0.25) is 0 Å². The first kappa shape index (κ1) is 16.7. The predicted octanol–water partition coefficient (Wildman–Crippen LogP) is 3.92. The van der Waals surface area contributed by atoms with Crippen molar-refractivity contribution in [2.75, 3.05) is 10.6 Å². The molecule has 2 aromatic carbocycles. The van der Waals surface area contributed by atoms with Crippen LogP contribution in [0.1, 0.15) is 31.7 Å². The third-order valence-corrected chi connectivity index (χ3v) is 3.29. The van der Waals surface area contributed by atoms with Gasteiger partial charge in [0.1, 0.15) is 12.2 Å². The van der Waals surface area contributed by atoms with Crippen LogP contribution in [0.25, 0.3) is 0 Å². The number of hydrogen-bond acceptors (Lipinski definition) is 2. The molecule has 0 aliphatic heterocycles. The summed E-state index contributed by atoms with van der Waals surface area (Å²) < 4.78 is 13.1. The summed E-state index contributed by atoms with van der Waals surface area (Å²) in [4.78, 5) is 23.9. The predicted molar refractivity (Wildman–Crippen MR) is 88.8 cm³/mol. The second-order valence-corrected chi connectivity index (χ2v) is 5.53. The fourth-order valence-corrected chi connectivity index (χ4v) is 2.23. The van der Waals surface area contributed by atoms with Gasteiger partial charge in [0.25, 0.3) is 0 Å². The zero-order chi connectivity index (χ0) is 16.8. The van der Waals surface area contributed by atoms with Crippen LogP contribution >= 0.6 is 0 Å². The lowest BCUT2D eigenvalue weighted by molar-refractivity contribution is -0.123. The van der Waals surface area contributed by atoms with Crippen LogP contribution in [0.5, 0.6) is 0 Å². The molecular weight excluding hydrogens is 295 g/mol. The minimum Gasteiger partial charge on any atom is -0.326 e. The number of rotatable bonds is 5. The summed E-state index contributed by atoms with van der Waals surface area (Å²) in [5.41, 5.74) is 2.03. The van der Waals surface area contributed by atoms with Crippen LogP contribution in [0.3, 0.4) is 0 Å². The van der Waals surface area contributed by atoms with Gasteiger partial charge in [-0.15, -0.1) is 0 Å². The molecular formula is C18H19FN2O2. The minimum absolute atomic E-state index is 0.257. The summed E-state index contributed by atoms with van der Waals surface area (Å²) in [5, 5.41) is 5.24. The lowest BCUT2D eigenvalue weighted by Crippen LogP contribution is -2.22. The number of carbonyl (C=O) groups is 2. The maximum atomic E-state index is 13.1. The molecule has 0 spiro atoms. The highest BCUT2D eigenvalue weighted by molar-refractivity contribution is 6.08. The number of nitrogens with one attached hydrogen (secondary N) is 2. The van der Waals surface area contributed by atoms with Gasteiger partial charge in [0.05, 0.1) is 0 Å². The molecule has 23 heavy (non-hydrogen) atoms. The first-order chi connectivity index (χ1) is 11.0. The molecule has 4 nitrogen and oxygen atoms in total. The molecule has 120 valence electrons. The van der Waals surface area contributed by atoms with E-state index >= 15 is 0 Å². The molecule has 0 unspecified atom stereocenters. The number of anilines is 2. The highest BCUT2D eigenvalue weighted by Gasteiger charge is 2.13. The Labute approximate surface area is 134 Å². The van der Waals surface area contributed by atoms with Crippen molar-refractivity contribution < 1.29 is 14.0 Å². The summed E-state index contributed by atoms with van der Waals surface area (Å²) >= 11 is 0. The van der Waals surface area contributed by atoms with E-state index in [0.29, 0.717) is 11.4 Å². The van der Waals surface area contributed by atoms with Gasteiger partial charge in [-0.25, -0.2) is 4.39 Å². The van der Waals surface area contributed by atoms with Crippen molar-refractivity contribution in [2.24, 2.45) is 0 Å². The molecule has 0 heterocycles. The van der Waals surface area contributed by atoms with Gasteiger partial charge in [0.15, 0.2) is 0 Å². The molecule has 0 aliphatic carbocycles. The normalized spacial score (nSPS) is 10.4. The lowest BCUT2D eigenvalue weighted by atomic mass is 10.0. The number of halogens is 1. The zero-order valence-corrected chi connectivity index (χ0v) is 13.1. The number of benzene rings is 2. The Bertz CT molecular complexity index is 714. The van der Waals surface area contributed by atoms with E-state index in [9.17, 15) is 14.0 Å². The molecule has 0 radical (unpaired) electrons. The number of carbonyl (C=O) groups excluding carboxylic acids is 2. The maximum absolute atomic E-state index is 13.1. The molecule has 0 bridgehead atoms. The Morgan fingerprint density at radius 3 is 2.39 bits per heavy atom. The summed E-state index contributed by atoms with van der Waals surface area (Å²) in [5.74, 6) is -1.09.